The fourth-order valence-corrected chi connectivity index (χ4v) is 2.81. The molecule has 9 nitrogen and oxygen atoms in total. The van der Waals surface area contributed by atoms with Crippen LogP contribution in [0.3, 0.4) is 0 Å². The van der Waals surface area contributed by atoms with Gasteiger partial charge in [0.05, 0.1) is 5.56 Å². The molecule has 2 aromatic heterocycles. The van der Waals surface area contributed by atoms with Crippen molar-refractivity contribution in [3.63, 3.8) is 0 Å². The number of amides is 1. The minimum absolute atomic E-state index is 0.0530. The van der Waals surface area contributed by atoms with Crippen molar-refractivity contribution in [2.45, 2.75) is 18.5 Å². The maximum atomic E-state index is 12.7. The Morgan fingerprint density at radius 1 is 1.21 bits per heavy atom. The van der Waals surface area contributed by atoms with Crippen molar-refractivity contribution >= 4 is 17.4 Å². The van der Waals surface area contributed by atoms with E-state index < -0.39 is 17.7 Å². The highest BCUT2D eigenvalue weighted by Crippen LogP contribution is 2.32. The summed E-state index contributed by atoms with van der Waals surface area (Å²) in [6, 6.07) is 4.48. The molecule has 1 aliphatic rings. The second-order valence-electron chi connectivity index (χ2n) is 6.16. The zero-order valence-electron chi connectivity index (χ0n) is 14.5. The number of nitrogens with one attached hydrogen (secondary N) is 2. The smallest absolute Gasteiger partial charge is 0.416 e. The van der Waals surface area contributed by atoms with Crippen molar-refractivity contribution in [3.8, 4) is 11.6 Å². The molecule has 0 radical (unpaired) electrons. The third-order valence-corrected chi connectivity index (χ3v) is 4.18. The summed E-state index contributed by atoms with van der Waals surface area (Å²) < 4.78 is 43.7. The van der Waals surface area contributed by atoms with Gasteiger partial charge in [-0.05, 0) is 30.7 Å². The molecule has 0 aliphatic carbocycles. The van der Waals surface area contributed by atoms with Crippen LogP contribution in [0.4, 0.5) is 24.7 Å². The summed E-state index contributed by atoms with van der Waals surface area (Å²) in [6.45, 7) is 0.535. The fourth-order valence-electron chi connectivity index (χ4n) is 2.81. The number of carbonyl (C=O) groups excluding carboxylic acids is 1. The van der Waals surface area contributed by atoms with Crippen LogP contribution >= 0.6 is 0 Å². The molecule has 4 rings (SSSR count). The van der Waals surface area contributed by atoms with Gasteiger partial charge in [-0.2, -0.15) is 18.0 Å². The van der Waals surface area contributed by atoms with E-state index in [2.05, 4.69) is 31.0 Å². The molecule has 0 saturated carbocycles. The van der Waals surface area contributed by atoms with Crippen LogP contribution in [0.1, 0.15) is 23.8 Å². The number of carbonyl (C=O) groups is 1. The lowest BCUT2D eigenvalue weighted by Gasteiger charge is -2.08. The summed E-state index contributed by atoms with van der Waals surface area (Å²) in [5, 5.41) is 21.7. The Kier molecular flexibility index (Phi) is 4.24. The SMILES string of the molecule is Cn1nc(Nc2ccc(C(F)(F)F)cc2)c(-c2nnc(C3CCNC3=O)o2)n1. The van der Waals surface area contributed by atoms with E-state index in [0.29, 0.717) is 18.7 Å². The standard InChI is InChI=1S/C16H14F3N7O2/c1-26-24-11(15-23-22-14(28-15)10-6-7-20-13(10)27)12(25-26)21-9-4-2-8(3-5-9)16(17,18)19/h2-5,10H,6-7H2,1H3,(H,20,27)(H,21,25). The summed E-state index contributed by atoms with van der Waals surface area (Å²) >= 11 is 0. The molecule has 12 heteroatoms. The van der Waals surface area contributed by atoms with E-state index in [4.69, 9.17) is 4.42 Å². The second kappa shape index (κ2) is 6.62. The van der Waals surface area contributed by atoms with E-state index in [9.17, 15) is 18.0 Å². The summed E-state index contributed by atoms with van der Waals surface area (Å²) in [5.74, 6) is -0.233. The van der Waals surface area contributed by atoms with E-state index in [1.54, 1.807) is 7.05 Å². The monoisotopic (exact) mass is 393 g/mol. The normalized spacial score (nSPS) is 17.0. The molecule has 3 aromatic rings. The molecular formula is C16H14F3N7O2. The Bertz CT molecular complexity index is 1010. The third-order valence-electron chi connectivity index (χ3n) is 4.18. The fraction of sp³-hybridized carbons (Fsp3) is 0.312. The van der Waals surface area contributed by atoms with Crippen LogP contribution in [0.15, 0.2) is 28.7 Å². The number of benzene rings is 1. The molecule has 146 valence electrons. The molecule has 28 heavy (non-hydrogen) atoms. The van der Waals surface area contributed by atoms with Crippen LogP contribution in [-0.2, 0) is 18.0 Å². The highest BCUT2D eigenvalue weighted by molar-refractivity contribution is 5.84. The number of aromatic nitrogens is 5. The maximum absolute atomic E-state index is 12.7. The lowest BCUT2D eigenvalue weighted by molar-refractivity contribution is -0.137. The number of halogens is 3. The van der Waals surface area contributed by atoms with Gasteiger partial charge < -0.3 is 15.1 Å². The molecule has 1 unspecified atom stereocenters. The molecule has 1 amide bonds. The van der Waals surface area contributed by atoms with Crippen molar-refractivity contribution < 1.29 is 22.4 Å². The van der Waals surface area contributed by atoms with E-state index in [1.807, 2.05) is 0 Å². The zero-order valence-corrected chi connectivity index (χ0v) is 14.5. The predicted molar refractivity (Wildman–Crippen MR) is 89.4 cm³/mol. The van der Waals surface area contributed by atoms with Gasteiger partial charge in [0.25, 0.3) is 5.89 Å². The van der Waals surface area contributed by atoms with Crippen LogP contribution in [0.25, 0.3) is 11.6 Å². The Labute approximate surface area is 155 Å². The minimum Gasteiger partial charge on any atom is -0.418 e. The Balaban J connectivity index is 1.59. The summed E-state index contributed by atoms with van der Waals surface area (Å²) in [4.78, 5) is 13.0. The van der Waals surface area contributed by atoms with E-state index in [1.165, 1.54) is 16.9 Å². The average Bonchev–Trinajstić information content (AvgIpc) is 3.34. The summed E-state index contributed by atoms with van der Waals surface area (Å²) in [6.07, 6.45) is -3.86. The quantitative estimate of drug-likeness (QED) is 0.699. The number of rotatable bonds is 4. The van der Waals surface area contributed by atoms with Gasteiger partial charge in [0.15, 0.2) is 11.5 Å². The van der Waals surface area contributed by atoms with Crippen LogP contribution in [0, 0.1) is 0 Å². The van der Waals surface area contributed by atoms with Gasteiger partial charge in [0.2, 0.25) is 11.8 Å². The van der Waals surface area contributed by atoms with Crippen molar-refractivity contribution in [2.75, 3.05) is 11.9 Å². The zero-order chi connectivity index (χ0) is 19.9. The summed E-state index contributed by atoms with van der Waals surface area (Å²) in [7, 11) is 1.57. The van der Waals surface area contributed by atoms with Gasteiger partial charge in [-0.25, -0.2) is 0 Å². The van der Waals surface area contributed by atoms with E-state index in [-0.39, 0.29) is 29.2 Å². The van der Waals surface area contributed by atoms with Gasteiger partial charge in [-0.1, -0.05) is 0 Å². The van der Waals surface area contributed by atoms with Gasteiger partial charge in [-0.3, -0.25) is 4.79 Å². The number of nitrogens with zero attached hydrogens (tertiary/aromatic N) is 5. The lowest BCUT2D eigenvalue weighted by atomic mass is 10.1. The number of alkyl halides is 3. The molecule has 0 spiro atoms. The van der Waals surface area contributed by atoms with Crippen molar-refractivity contribution in [2.24, 2.45) is 7.05 Å². The Hall–Kier alpha value is -3.44. The second-order valence-corrected chi connectivity index (χ2v) is 6.16. The van der Waals surface area contributed by atoms with Crippen LogP contribution < -0.4 is 10.6 Å². The Morgan fingerprint density at radius 3 is 2.61 bits per heavy atom. The van der Waals surface area contributed by atoms with Gasteiger partial charge in [0, 0.05) is 19.3 Å². The van der Waals surface area contributed by atoms with Crippen LogP contribution in [0.5, 0.6) is 0 Å². The first-order valence-corrected chi connectivity index (χ1v) is 8.28. The number of aryl methyl sites for hydroxylation is 1. The molecule has 2 N–H and O–H groups in total. The highest BCUT2D eigenvalue weighted by atomic mass is 19.4. The molecule has 1 atom stereocenters. The number of hydrogen-bond acceptors (Lipinski definition) is 7. The number of hydrogen-bond donors (Lipinski definition) is 2. The first-order chi connectivity index (χ1) is 13.3. The highest BCUT2D eigenvalue weighted by Gasteiger charge is 2.32. The number of anilines is 2. The molecule has 1 saturated heterocycles. The van der Waals surface area contributed by atoms with Gasteiger partial charge in [0.1, 0.15) is 5.92 Å². The van der Waals surface area contributed by atoms with Gasteiger partial charge in [-0.15, -0.1) is 20.4 Å². The topological polar surface area (TPSA) is 111 Å². The van der Waals surface area contributed by atoms with E-state index >= 15 is 0 Å². The van der Waals surface area contributed by atoms with Crippen molar-refractivity contribution in [1.82, 2.24) is 30.5 Å². The molecular weight excluding hydrogens is 379 g/mol. The first kappa shape index (κ1) is 17.9. The largest absolute Gasteiger partial charge is 0.418 e. The first-order valence-electron chi connectivity index (χ1n) is 8.28. The van der Waals surface area contributed by atoms with Crippen LogP contribution in [0.2, 0.25) is 0 Å². The van der Waals surface area contributed by atoms with Crippen LogP contribution in [-0.4, -0.2) is 37.6 Å². The third kappa shape index (κ3) is 3.40. The molecule has 1 aromatic carbocycles. The molecule has 1 fully saturated rings. The molecule has 1 aliphatic heterocycles. The average molecular weight is 393 g/mol. The molecule has 0 bridgehead atoms. The molecule has 3 heterocycles. The van der Waals surface area contributed by atoms with Crippen molar-refractivity contribution in [3.05, 3.63) is 35.7 Å². The van der Waals surface area contributed by atoms with E-state index in [0.717, 1.165) is 12.1 Å². The van der Waals surface area contributed by atoms with Crippen molar-refractivity contribution in [1.29, 1.82) is 0 Å². The minimum atomic E-state index is -4.41. The summed E-state index contributed by atoms with van der Waals surface area (Å²) in [5.41, 5.74) is -0.155. The maximum Gasteiger partial charge on any atom is 0.416 e. The van der Waals surface area contributed by atoms with Gasteiger partial charge >= 0.3 is 6.18 Å². The Morgan fingerprint density at radius 2 is 1.96 bits per heavy atom. The predicted octanol–water partition coefficient (Wildman–Crippen LogP) is 2.23. The lowest BCUT2D eigenvalue weighted by Crippen LogP contribution is -2.18.